The predicted molar refractivity (Wildman–Crippen MR) is 98.7 cm³/mol. The topological polar surface area (TPSA) is 85.9 Å². The molecule has 0 spiro atoms. The molecule has 2 N–H and O–H groups in total. The van der Waals surface area contributed by atoms with Crippen LogP contribution in [0.1, 0.15) is 18.1 Å². The average molecular weight is 370 g/mol. The molecular formula is C20H22N2O5. The van der Waals surface area contributed by atoms with Crippen molar-refractivity contribution in [2.24, 2.45) is 0 Å². The van der Waals surface area contributed by atoms with E-state index < -0.39 is 6.04 Å². The summed E-state index contributed by atoms with van der Waals surface area (Å²) in [7, 11) is 0. The fraction of sp³-hybridized carbons (Fsp3) is 0.300. The van der Waals surface area contributed by atoms with Crippen LogP contribution in [0.5, 0.6) is 17.2 Å². The van der Waals surface area contributed by atoms with Crippen molar-refractivity contribution < 1.29 is 23.8 Å². The molecule has 0 radical (unpaired) electrons. The Labute approximate surface area is 157 Å². The summed E-state index contributed by atoms with van der Waals surface area (Å²) in [5.74, 6) is 1.32. The van der Waals surface area contributed by atoms with Gasteiger partial charge in [0.15, 0.2) is 18.1 Å². The summed E-state index contributed by atoms with van der Waals surface area (Å²) in [5, 5.41) is 5.40. The maximum atomic E-state index is 12.2. The first-order valence-corrected chi connectivity index (χ1v) is 8.66. The SMILES string of the molecule is Cc1ccc(OCC(=O)N[C@@H](C)C(=O)NCc2ccc3c(c2)OCO3)cc1. The van der Waals surface area contributed by atoms with Crippen LogP contribution in [-0.4, -0.2) is 31.3 Å². The molecule has 142 valence electrons. The second kappa shape index (κ2) is 8.44. The van der Waals surface area contributed by atoms with Crippen LogP contribution < -0.4 is 24.8 Å². The van der Waals surface area contributed by atoms with E-state index in [1.807, 2.05) is 31.2 Å². The van der Waals surface area contributed by atoms with E-state index in [0.717, 1.165) is 11.1 Å². The third-order valence-electron chi connectivity index (χ3n) is 4.07. The lowest BCUT2D eigenvalue weighted by atomic mass is 10.2. The van der Waals surface area contributed by atoms with E-state index in [1.165, 1.54) is 0 Å². The molecule has 2 amide bonds. The highest BCUT2D eigenvalue weighted by atomic mass is 16.7. The quantitative estimate of drug-likeness (QED) is 0.778. The van der Waals surface area contributed by atoms with Gasteiger partial charge in [0.05, 0.1) is 0 Å². The Balaban J connectivity index is 1.41. The van der Waals surface area contributed by atoms with Gasteiger partial charge in [0, 0.05) is 6.54 Å². The summed E-state index contributed by atoms with van der Waals surface area (Å²) in [6.07, 6.45) is 0. The van der Waals surface area contributed by atoms with E-state index >= 15 is 0 Å². The molecule has 0 aliphatic carbocycles. The summed E-state index contributed by atoms with van der Waals surface area (Å²) < 4.78 is 16.0. The summed E-state index contributed by atoms with van der Waals surface area (Å²) in [6.45, 7) is 3.98. The van der Waals surface area contributed by atoms with Gasteiger partial charge in [-0.1, -0.05) is 23.8 Å². The van der Waals surface area contributed by atoms with E-state index in [4.69, 9.17) is 14.2 Å². The maximum Gasteiger partial charge on any atom is 0.258 e. The number of aryl methyl sites for hydroxylation is 1. The van der Waals surface area contributed by atoms with Gasteiger partial charge in [-0.2, -0.15) is 0 Å². The van der Waals surface area contributed by atoms with Gasteiger partial charge in [-0.3, -0.25) is 9.59 Å². The number of amides is 2. The van der Waals surface area contributed by atoms with E-state index in [2.05, 4.69) is 10.6 Å². The van der Waals surface area contributed by atoms with Gasteiger partial charge in [0.1, 0.15) is 11.8 Å². The number of carbonyl (C=O) groups is 2. The summed E-state index contributed by atoms with van der Waals surface area (Å²) in [5.41, 5.74) is 1.99. The molecular weight excluding hydrogens is 348 g/mol. The Hall–Kier alpha value is -3.22. The van der Waals surface area contributed by atoms with Gasteiger partial charge in [-0.05, 0) is 43.7 Å². The second-order valence-corrected chi connectivity index (χ2v) is 6.30. The molecule has 0 unspecified atom stereocenters. The molecule has 27 heavy (non-hydrogen) atoms. The minimum atomic E-state index is -0.673. The lowest BCUT2D eigenvalue weighted by Crippen LogP contribution is -2.46. The monoisotopic (exact) mass is 370 g/mol. The number of rotatable bonds is 7. The van der Waals surface area contributed by atoms with Crippen LogP contribution in [0, 0.1) is 6.92 Å². The number of hydrogen-bond acceptors (Lipinski definition) is 5. The highest BCUT2D eigenvalue weighted by Gasteiger charge is 2.17. The largest absolute Gasteiger partial charge is 0.484 e. The third-order valence-corrected chi connectivity index (χ3v) is 4.07. The maximum absolute atomic E-state index is 12.2. The van der Waals surface area contributed by atoms with E-state index in [0.29, 0.717) is 23.8 Å². The van der Waals surface area contributed by atoms with Crippen molar-refractivity contribution in [3.63, 3.8) is 0 Å². The molecule has 0 bridgehead atoms. The van der Waals surface area contributed by atoms with Crippen LogP contribution in [0.15, 0.2) is 42.5 Å². The first-order valence-electron chi connectivity index (χ1n) is 8.66. The third kappa shape index (κ3) is 5.13. The van der Waals surface area contributed by atoms with Crippen LogP contribution in [0.3, 0.4) is 0 Å². The molecule has 2 aromatic rings. The summed E-state index contributed by atoms with van der Waals surface area (Å²) in [4.78, 5) is 24.1. The van der Waals surface area contributed by atoms with Crippen molar-refractivity contribution >= 4 is 11.8 Å². The molecule has 1 aliphatic heterocycles. The van der Waals surface area contributed by atoms with Gasteiger partial charge in [-0.15, -0.1) is 0 Å². The smallest absolute Gasteiger partial charge is 0.258 e. The molecule has 7 heteroatoms. The van der Waals surface area contributed by atoms with Crippen molar-refractivity contribution in [2.45, 2.75) is 26.4 Å². The number of carbonyl (C=O) groups excluding carboxylic acids is 2. The predicted octanol–water partition coefficient (Wildman–Crippen LogP) is 1.92. The highest BCUT2D eigenvalue weighted by Crippen LogP contribution is 2.32. The van der Waals surface area contributed by atoms with Gasteiger partial charge in [0.25, 0.3) is 5.91 Å². The van der Waals surface area contributed by atoms with Crippen molar-refractivity contribution in [2.75, 3.05) is 13.4 Å². The van der Waals surface area contributed by atoms with Gasteiger partial charge in [-0.25, -0.2) is 0 Å². The zero-order chi connectivity index (χ0) is 19.2. The lowest BCUT2D eigenvalue weighted by molar-refractivity contribution is -0.129. The lowest BCUT2D eigenvalue weighted by Gasteiger charge is -2.15. The van der Waals surface area contributed by atoms with Crippen LogP contribution in [0.25, 0.3) is 0 Å². The molecule has 1 atom stereocenters. The first kappa shape index (κ1) is 18.6. The van der Waals surface area contributed by atoms with Gasteiger partial charge in [0.2, 0.25) is 12.7 Å². The van der Waals surface area contributed by atoms with Crippen molar-refractivity contribution in [3.05, 3.63) is 53.6 Å². The molecule has 0 aromatic heterocycles. The van der Waals surface area contributed by atoms with Crippen molar-refractivity contribution in [3.8, 4) is 17.2 Å². The highest BCUT2D eigenvalue weighted by molar-refractivity contribution is 5.87. The van der Waals surface area contributed by atoms with E-state index in [-0.39, 0.29) is 25.2 Å². The Bertz CT molecular complexity index is 820. The molecule has 0 saturated carbocycles. The molecule has 1 aliphatic rings. The minimum Gasteiger partial charge on any atom is -0.484 e. The standard InChI is InChI=1S/C20H22N2O5/c1-13-3-6-16(7-4-13)25-11-19(23)22-14(2)20(24)21-10-15-5-8-17-18(9-15)27-12-26-17/h3-9,14H,10-12H2,1-2H3,(H,21,24)(H,22,23)/t14-/m0/s1. The first-order chi connectivity index (χ1) is 13.0. The van der Waals surface area contributed by atoms with Crippen molar-refractivity contribution in [1.29, 1.82) is 0 Å². The van der Waals surface area contributed by atoms with Crippen LogP contribution in [-0.2, 0) is 16.1 Å². The number of nitrogens with one attached hydrogen (secondary N) is 2. The number of ether oxygens (including phenoxy) is 3. The second-order valence-electron chi connectivity index (χ2n) is 6.30. The molecule has 3 rings (SSSR count). The fourth-order valence-electron chi connectivity index (χ4n) is 2.53. The minimum absolute atomic E-state index is 0.150. The van der Waals surface area contributed by atoms with Crippen LogP contribution in [0.2, 0.25) is 0 Å². The molecule has 1 heterocycles. The zero-order valence-electron chi connectivity index (χ0n) is 15.3. The fourth-order valence-corrected chi connectivity index (χ4v) is 2.53. The number of benzene rings is 2. The number of fused-ring (bicyclic) bond motifs is 1. The molecule has 2 aromatic carbocycles. The normalized spacial score (nSPS) is 13.0. The van der Waals surface area contributed by atoms with Crippen molar-refractivity contribution in [1.82, 2.24) is 10.6 Å². The summed E-state index contributed by atoms with van der Waals surface area (Å²) >= 11 is 0. The molecule has 0 fully saturated rings. The van der Waals surface area contributed by atoms with Gasteiger partial charge >= 0.3 is 0 Å². The van der Waals surface area contributed by atoms with E-state index in [1.54, 1.807) is 25.1 Å². The number of hydrogen-bond donors (Lipinski definition) is 2. The molecule has 0 saturated heterocycles. The Morgan fingerprint density at radius 2 is 1.85 bits per heavy atom. The van der Waals surface area contributed by atoms with Gasteiger partial charge < -0.3 is 24.8 Å². The Morgan fingerprint density at radius 3 is 2.63 bits per heavy atom. The van der Waals surface area contributed by atoms with E-state index in [9.17, 15) is 9.59 Å². The Kier molecular flexibility index (Phi) is 5.80. The van der Waals surface area contributed by atoms with Crippen LogP contribution >= 0.6 is 0 Å². The Morgan fingerprint density at radius 1 is 1.11 bits per heavy atom. The average Bonchev–Trinajstić information content (AvgIpc) is 3.13. The summed E-state index contributed by atoms with van der Waals surface area (Å²) in [6, 6.07) is 12.2. The van der Waals surface area contributed by atoms with Crippen LogP contribution in [0.4, 0.5) is 0 Å². The zero-order valence-corrected chi connectivity index (χ0v) is 15.3. The molecule has 7 nitrogen and oxygen atoms in total.